The highest BCUT2D eigenvalue weighted by Gasteiger charge is 2.09. The van der Waals surface area contributed by atoms with Crippen LogP contribution in [0.1, 0.15) is 163 Å². The van der Waals surface area contributed by atoms with E-state index in [1.807, 2.05) is 48.5 Å². The fourth-order valence-electron chi connectivity index (χ4n) is 5.13. The second kappa shape index (κ2) is 25.1. The van der Waals surface area contributed by atoms with Gasteiger partial charge in [-0.3, -0.25) is 0 Å². The van der Waals surface area contributed by atoms with Crippen LogP contribution >= 0.6 is 11.8 Å². The van der Waals surface area contributed by atoms with Crippen molar-refractivity contribution in [2.45, 2.75) is 152 Å². The van der Waals surface area contributed by atoms with Gasteiger partial charge in [-0.25, -0.2) is 9.59 Å². The van der Waals surface area contributed by atoms with E-state index >= 15 is 0 Å². The summed E-state index contributed by atoms with van der Waals surface area (Å²) in [6.07, 6.45) is 25.3. The molecule has 240 valence electrons. The predicted octanol–water partition coefficient (Wildman–Crippen LogP) is 12.0. The lowest BCUT2D eigenvalue weighted by Crippen LogP contribution is -2.06. The fraction of sp³-hybridized carbons (Fsp3) is 0.632. The molecule has 5 heteroatoms. The Morgan fingerprint density at radius 1 is 0.442 bits per heavy atom. The summed E-state index contributed by atoms with van der Waals surface area (Å²) in [6, 6.07) is 15.1. The first-order valence-corrected chi connectivity index (χ1v) is 18.2. The maximum absolute atomic E-state index is 12.4. The number of rotatable bonds is 26. The number of hydrogen-bond acceptors (Lipinski definition) is 5. The molecular formula is C38H58O4S. The molecule has 0 heterocycles. The maximum Gasteiger partial charge on any atom is 0.338 e. The van der Waals surface area contributed by atoms with Crippen LogP contribution in [0.3, 0.4) is 0 Å². The van der Waals surface area contributed by atoms with Crippen molar-refractivity contribution >= 4 is 23.7 Å². The van der Waals surface area contributed by atoms with Gasteiger partial charge >= 0.3 is 11.9 Å². The summed E-state index contributed by atoms with van der Waals surface area (Å²) in [4.78, 5) is 26.9. The second-order valence-corrected chi connectivity index (χ2v) is 12.9. The summed E-state index contributed by atoms with van der Waals surface area (Å²) in [7, 11) is 0. The van der Waals surface area contributed by atoms with Crippen molar-refractivity contribution in [3.05, 3.63) is 59.7 Å². The lowest BCUT2D eigenvalue weighted by Gasteiger charge is -2.07. The van der Waals surface area contributed by atoms with Crippen LogP contribution in [0.15, 0.2) is 58.3 Å². The van der Waals surface area contributed by atoms with Crippen LogP contribution in [-0.2, 0) is 9.47 Å². The highest BCUT2D eigenvalue weighted by Crippen LogP contribution is 2.28. The third-order valence-electron chi connectivity index (χ3n) is 7.88. The molecule has 4 nitrogen and oxygen atoms in total. The van der Waals surface area contributed by atoms with Gasteiger partial charge in [-0.05, 0) is 61.4 Å². The van der Waals surface area contributed by atoms with Crippen LogP contribution in [0.25, 0.3) is 0 Å². The van der Waals surface area contributed by atoms with Crippen LogP contribution in [0.4, 0.5) is 0 Å². The predicted molar refractivity (Wildman–Crippen MR) is 181 cm³/mol. The van der Waals surface area contributed by atoms with Crippen molar-refractivity contribution in [3.63, 3.8) is 0 Å². The summed E-state index contributed by atoms with van der Waals surface area (Å²) in [5.41, 5.74) is 1.16. The van der Waals surface area contributed by atoms with E-state index in [4.69, 9.17) is 9.47 Å². The van der Waals surface area contributed by atoms with E-state index in [2.05, 4.69) is 13.8 Å². The van der Waals surface area contributed by atoms with Crippen LogP contribution in [-0.4, -0.2) is 25.2 Å². The Labute approximate surface area is 267 Å². The average Bonchev–Trinajstić information content (AvgIpc) is 3.03. The summed E-state index contributed by atoms with van der Waals surface area (Å²) >= 11 is 1.60. The molecule has 2 aromatic rings. The van der Waals surface area contributed by atoms with Crippen LogP contribution in [0, 0.1) is 0 Å². The molecule has 0 aliphatic carbocycles. The molecular weight excluding hydrogens is 552 g/mol. The van der Waals surface area contributed by atoms with Crippen LogP contribution in [0.5, 0.6) is 0 Å². The van der Waals surface area contributed by atoms with Gasteiger partial charge in [0, 0.05) is 9.79 Å². The molecule has 0 aliphatic heterocycles. The number of hydrogen-bond donors (Lipinski definition) is 0. The number of benzene rings is 2. The zero-order valence-corrected chi connectivity index (χ0v) is 28.0. The number of carbonyl (C=O) groups excluding carboxylic acids is 2. The van der Waals surface area contributed by atoms with E-state index in [1.165, 1.54) is 103 Å². The lowest BCUT2D eigenvalue weighted by atomic mass is 10.1. The van der Waals surface area contributed by atoms with E-state index in [0.717, 1.165) is 35.5 Å². The molecule has 0 aromatic heterocycles. The van der Waals surface area contributed by atoms with E-state index in [1.54, 1.807) is 11.8 Å². The third kappa shape index (κ3) is 18.2. The van der Waals surface area contributed by atoms with Gasteiger partial charge in [0.25, 0.3) is 0 Å². The minimum absolute atomic E-state index is 0.256. The highest BCUT2D eigenvalue weighted by molar-refractivity contribution is 7.99. The number of esters is 2. The minimum Gasteiger partial charge on any atom is -0.462 e. The van der Waals surface area contributed by atoms with Gasteiger partial charge in [0.05, 0.1) is 24.3 Å². The van der Waals surface area contributed by atoms with Gasteiger partial charge in [0.15, 0.2) is 0 Å². The quantitative estimate of drug-likeness (QED) is 0.0783. The zero-order valence-electron chi connectivity index (χ0n) is 27.2. The van der Waals surface area contributed by atoms with Crippen LogP contribution < -0.4 is 0 Å². The largest absolute Gasteiger partial charge is 0.462 e. The first-order valence-electron chi connectivity index (χ1n) is 17.4. The Kier molecular flexibility index (Phi) is 21.5. The van der Waals surface area contributed by atoms with E-state index < -0.39 is 0 Å². The maximum atomic E-state index is 12.4. The van der Waals surface area contributed by atoms with E-state index in [9.17, 15) is 9.59 Å². The topological polar surface area (TPSA) is 52.6 Å². The smallest absolute Gasteiger partial charge is 0.338 e. The number of ether oxygens (including phenoxy) is 2. The molecule has 0 amide bonds. The molecule has 2 aromatic carbocycles. The van der Waals surface area contributed by atoms with Gasteiger partial charge in [-0.15, -0.1) is 0 Å². The van der Waals surface area contributed by atoms with Crippen molar-refractivity contribution < 1.29 is 19.1 Å². The zero-order chi connectivity index (χ0) is 30.8. The molecule has 0 atom stereocenters. The molecule has 0 saturated heterocycles. The lowest BCUT2D eigenvalue weighted by molar-refractivity contribution is 0.0488. The van der Waals surface area contributed by atoms with Crippen molar-refractivity contribution in [2.24, 2.45) is 0 Å². The van der Waals surface area contributed by atoms with Gasteiger partial charge in [-0.1, -0.05) is 141 Å². The Hall–Kier alpha value is -2.27. The number of carbonyl (C=O) groups is 2. The van der Waals surface area contributed by atoms with Gasteiger partial charge in [-0.2, -0.15) is 0 Å². The van der Waals surface area contributed by atoms with Crippen molar-refractivity contribution in [1.29, 1.82) is 0 Å². The first kappa shape index (κ1) is 36.9. The highest BCUT2D eigenvalue weighted by atomic mass is 32.2. The molecule has 0 spiro atoms. The Morgan fingerprint density at radius 2 is 0.721 bits per heavy atom. The molecule has 0 radical (unpaired) electrons. The van der Waals surface area contributed by atoms with Crippen molar-refractivity contribution in [3.8, 4) is 0 Å². The molecule has 0 N–H and O–H groups in total. The normalized spacial score (nSPS) is 11.0. The Bertz CT molecular complexity index is 891. The first-order chi connectivity index (χ1) is 21.1. The van der Waals surface area contributed by atoms with E-state index in [0.29, 0.717) is 24.3 Å². The van der Waals surface area contributed by atoms with Gasteiger partial charge in [0.1, 0.15) is 0 Å². The van der Waals surface area contributed by atoms with Crippen molar-refractivity contribution in [2.75, 3.05) is 13.2 Å². The molecule has 43 heavy (non-hydrogen) atoms. The Morgan fingerprint density at radius 3 is 1.02 bits per heavy atom. The molecule has 0 bridgehead atoms. The molecule has 0 unspecified atom stereocenters. The molecule has 0 fully saturated rings. The number of unbranched alkanes of at least 4 members (excludes halogenated alkanes) is 18. The molecule has 0 saturated carbocycles. The SMILES string of the molecule is CCCCCCCCCCCCOC(=O)c1ccc(Sc2ccc(C(=O)OCCCCCCCCCCCC)cc2)cc1. The molecule has 0 aliphatic rings. The summed E-state index contributed by atoms with van der Waals surface area (Å²) < 4.78 is 11.0. The average molecular weight is 611 g/mol. The standard InChI is InChI=1S/C38H58O4S/c1-3-5-7-9-11-13-15-17-19-21-31-41-37(39)33-23-27-35(28-24-33)43-36-29-25-34(26-30-36)38(40)42-32-22-20-18-16-14-12-10-8-6-4-2/h23-30H,3-22,31-32H2,1-2H3. The second-order valence-electron chi connectivity index (χ2n) is 11.8. The van der Waals surface area contributed by atoms with Crippen LogP contribution in [0.2, 0.25) is 0 Å². The van der Waals surface area contributed by atoms with Gasteiger partial charge in [0.2, 0.25) is 0 Å². The fourth-order valence-corrected chi connectivity index (χ4v) is 5.95. The third-order valence-corrected chi connectivity index (χ3v) is 8.89. The van der Waals surface area contributed by atoms with Gasteiger partial charge < -0.3 is 9.47 Å². The van der Waals surface area contributed by atoms with Crippen molar-refractivity contribution in [1.82, 2.24) is 0 Å². The summed E-state index contributed by atoms with van der Waals surface area (Å²) in [5.74, 6) is -0.513. The summed E-state index contributed by atoms with van der Waals surface area (Å²) in [6.45, 7) is 5.48. The summed E-state index contributed by atoms with van der Waals surface area (Å²) in [5, 5.41) is 0. The molecule has 2 rings (SSSR count). The van der Waals surface area contributed by atoms with E-state index in [-0.39, 0.29) is 11.9 Å². The Balaban J connectivity index is 1.55. The minimum atomic E-state index is -0.256. The monoisotopic (exact) mass is 610 g/mol.